The lowest BCUT2D eigenvalue weighted by Crippen LogP contribution is -2.10. The van der Waals surface area contributed by atoms with Crippen LogP contribution in [0.4, 0.5) is 0 Å². The van der Waals surface area contributed by atoms with Gasteiger partial charge in [0, 0.05) is 6.20 Å². The fourth-order valence-electron chi connectivity index (χ4n) is 1.98. The van der Waals surface area contributed by atoms with Gasteiger partial charge in [0.2, 0.25) is 0 Å². The summed E-state index contributed by atoms with van der Waals surface area (Å²) >= 11 is 0. The third-order valence-electron chi connectivity index (χ3n) is 3.00. The van der Waals surface area contributed by atoms with E-state index in [0.29, 0.717) is 5.78 Å². The van der Waals surface area contributed by atoms with Crippen LogP contribution in [0.2, 0.25) is 0 Å². The molecule has 1 unspecified atom stereocenters. The maximum absolute atomic E-state index is 5.91. The summed E-state index contributed by atoms with van der Waals surface area (Å²) in [6, 6.07) is 9.33. The molecule has 6 heteroatoms. The molecule has 20 heavy (non-hydrogen) atoms. The first-order valence-electron chi connectivity index (χ1n) is 6.23. The summed E-state index contributed by atoms with van der Waals surface area (Å²) in [6.45, 7) is 1.96. The predicted molar refractivity (Wildman–Crippen MR) is 72.8 cm³/mol. The first-order valence-corrected chi connectivity index (χ1v) is 6.23. The smallest absolute Gasteiger partial charge is 0.252 e. The fourth-order valence-corrected chi connectivity index (χ4v) is 1.98. The van der Waals surface area contributed by atoms with Crippen LogP contribution in [-0.2, 0) is 0 Å². The van der Waals surface area contributed by atoms with E-state index >= 15 is 0 Å². The molecule has 0 aliphatic heterocycles. The van der Waals surface area contributed by atoms with Crippen LogP contribution in [0.3, 0.4) is 0 Å². The minimum Gasteiger partial charge on any atom is -0.497 e. The predicted octanol–water partition coefficient (Wildman–Crippen LogP) is 2.27. The average molecular weight is 270 g/mol. The lowest BCUT2D eigenvalue weighted by Gasteiger charge is -2.15. The van der Waals surface area contributed by atoms with Crippen LogP contribution in [0.1, 0.15) is 18.7 Å². The highest BCUT2D eigenvalue weighted by Gasteiger charge is 2.12. The zero-order valence-corrected chi connectivity index (χ0v) is 11.2. The summed E-state index contributed by atoms with van der Waals surface area (Å²) in [5.41, 5.74) is 0.892. The van der Waals surface area contributed by atoms with Crippen LogP contribution in [-0.4, -0.2) is 26.7 Å². The minimum absolute atomic E-state index is 0.171. The third kappa shape index (κ3) is 2.27. The Bertz CT molecular complexity index is 709. The van der Waals surface area contributed by atoms with E-state index in [2.05, 4.69) is 15.1 Å². The first kappa shape index (κ1) is 12.4. The molecule has 1 aromatic carbocycles. The van der Waals surface area contributed by atoms with E-state index < -0.39 is 0 Å². The quantitative estimate of drug-likeness (QED) is 0.727. The molecule has 6 nitrogen and oxygen atoms in total. The van der Waals surface area contributed by atoms with Crippen molar-refractivity contribution >= 4 is 5.78 Å². The molecule has 3 aromatic rings. The molecule has 2 heterocycles. The number of aromatic nitrogens is 4. The fraction of sp³-hybridized carbons (Fsp3) is 0.214. The van der Waals surface area contributed by atoms with Gasteiger partial charge in [0.1, 0.15) is 23.9 Å². The van der Waals surface area contributed by atoms with Gasteiger partial charge in [-0.3, -0.25) is 0 Å². The molecule has 0 aliphatic carbocycles. The van der Waals surface area contributed by atoms with Crippen molar-refractivity contribution in [2.24, 2.45) is 0 Å². The Morgan fingerprint density at radius 2 is 1.80 bits per heavy atom. The summed E-state index contributed by atoms with van der Waals surface area (Å²) in [5.74, 6) is 2.13. The monoisotopic (exact) mass is 270 g/mol. The van der Waals surface area contributed by atoms with Crippen molar-refractivity contribution in [3.8, 4) is 11.5 Å². The number of hydrogen-bond acceptors (Lipinski definition) is 5. The van der Waals surface area contributed by atoms with Crippen LogP contribution in [0.15, 0.2) is 42.9 Å². The van der Waals surface area contributed by atoms with Crippen LogP contribution >= 0.6 is 0 Å². The first-order chi connectivity index (χ1) is 9.78. The van der Waals surface area contributed by atoms with E-state index in [1.54, 1.807) is 17.8 Å². The van der Waals surface area contributed by atoms with Crippen molar-refractivity contribution in [3.05, 3.63) is 48.5 Å². The van der Waals surface area contributed by atoms with Crippen molar-refractivity contribution in [2.75, 3.05) is 7.11 Å². The van der Waals surface area contributed by atoms with E-state index in [0.717, 1.165) is 17.2 Å². The number of rotatable bonds is 4. The van der Waals surface area contributed by atoms with Gasteiger partial charge < -0.3 is 9.47 Å². The maximum atomic E-state index is 5.91. The largest absolute Gasteiger partial charge is 0.497 e. The van der Waals surface area contributed by atoms with Crippen LogP contribution in [0.5, 0.6) is 11.5 Å². The molecule has 102 valence electrons. The SMILES string of the molecule is COc1ccc(OC(C)c2ccnc3ncnn23)cc1. The lowest BCUT2D eigenvalue weighted by atomic mass is 10.2. The van der Waals surface area contributed by atoms with E-state index in [1.165, 1.54) is 6.33 Å². The van der Waals surface area contributed by atoms with Gasteiger partial charge in [0.15, 0.2) is 0 Å². The van der Waals surface area contributed by atoms with E-state index in [4.69, 9.17) is 9.47 Å². The summed E-state index contributed by atoms with van der Waals surface area (Å²) < 4.78 is 12.7. The molecule has 3 rings (SSSR count). The van der Waals surface area contributed by atoms with Crippen LogP contribution < -0.4 is 9.47 Å². The summed E-state index contributed by atoms with van der Waals surface area (Å²) in [4.78, 5) is 8.19. The standard InChI is InChI=1S/C14H14N4O2/c1-10(20-12-5-3-11(19-2)4-6-12)13-7-8-15-14-16-9-17-18(13)14/h3-10H,1-2H3. The van der Waals surface area contributed by atoms with Crippen molar-refractivity contribution in [1.29, 1.82) is 0 Å². The van der Waals surface area contributed by atoms with Gasteiger partial charge in [-0.2, -0.15) is 14.6 Å². The van der Waals surface area contributed by atoms with Crippen LogP contribution in [0.25, 0.3) is 5.78 Å². The second-order valence-corrected chi connectivity index (χ2v) is 4.28. The molecule has 0 amide bonds. The van der Waals surface area contributed by atoms with Gasteiger partial charge in [-0.25, -0.2) is 4.98 Å². The normalized spacial score (nSPS) is 12.3. The molecule has 1 atom stereocenters. The summed E-state index contributed by atoms with van der Waals surface area (Å²) in [5, 5.41) is 4.15. The molecule has 0 N–H and O–H groups in total. The summed E-state index contributed by atoms with van der Waals surface area (Å²) in [7, 11) is 1.64. The van der Waals surface area contributed by atoms with Gasteiger partial charge in [0.25, 0.3) is 5.78 Å². The van der Waals surface area contributed by atoms with E-state index in [9.17, 15) is 0 Å². The lowest BCUT2D eigenvalue weighted by molar-refractivity contribution is 0.218. The topological polar surface area (TPSA) is 61.5 Å². The molecular formula is C14H14N4O2. The highest BCUT2D eigenvalue weighted by molar-refractivity contribution is 5.32. The van der Waals surface area contributed by atoms with Gasteiger partial charge in [-0.05, 0) is 37.3 Å². The Kier molecular flexibility index (Phi) is 3.20. The molecular weight excluding hydrogens is 256 g/mol. The molecule has 0 spiro atoms. The number of ether oxygens (including phenoxy) is 2. The Balaban J connectivity index is 1.84. The second kappa shape index (κ2) is 5.16. The van der Waals surface area contributed by atoms with Gasteiger partial charge in [-0.1, -0.05) is 0 Å². The number of nitrogens with zero attached hydrogens (tertiary/aromatic N) is 4. The molecule has 0 fully saturated rings. The van der Waals surface area contributed by atoms with Gasteiger partial charge in [-0.15, -0.1) is 0 Å². The minimum atomic E-state index is -0.171. The number of fused-ring (bicyclic) bond motifs is 1. The molecule has 0 bridgehead atoms. The van der Waals surface area contributed by atoms with Crippen LogP contribution in [0, 0.1) is 0 Å². The Morgan fingerprint density at radius 3 is 2.55 bits per heavy atom. The number of benzene rings is 1. The van der Waals surface area contributed by atoms with Gasteiger partial charge in [0.05, 0.1) is 12.8 Å². The van der Waals surface area contributed by atoms with E-state index in [1.807, 2.05) is 37.3 Å². The second-order valence-electron chi connectivity index (χ2n) is 4.28. The number of methoxy groups -OCH3 is 1. The average Bonchev–Trinajstić information content (AvgIpc) is 2.96. The molecule has 0 saturated carbocycles. The Labute approximate surface area is 116 Å². The zero-order valence-electron chi connectivity index (χ0n) is 11.2. The van der Waals surface area contributed by atoms with Crippen molar-refractivity contribution in [2.45, 2.75) is 13.0 Å². The van der Waals surface area contributed by atoms with Crippen molar-refractivity contribution < 1.29 is 9.47 Å². The zero-order chi connectivity index (χ0) is 13.9. The highest BCUT2D eigenvalue weighted by Crippen LogP contribution is 2.23. The summed E-state index contributed by atoms with van der Waals surface area (Å²) in [6.07, 6.45) is 3.01. The van der Waals surface area contributed by atoms with Crippen molar-refractivity contribution in [1.82, 2.24) is 19.6 Å². The number of hydrogen-bond donors (Lipinski definition) is 0. The molecule has 0 saturated heterocycles. The molecule has 0 radical (unpaired) electrons. The Morgan fingerprint density at radius 1 is 1.05 bits per heavy atom. The molecule has 0 aliphatic rings. The van der Waals surface area contributed by atoms with E-state index in [-0.39, 0.29) is 6.10 Å². The Hall–Kier alpha value is -2.63. The maximum Gasteiger partial charge on any atom is 0.252 e. The highest BCUT2D eigenvalue weighted by atomic mass is 16.5. The van der Waals surface area contributed by atoms with Crippen molar-refractivity contribution in [3.63, 3.8) is 0 Å². The third-order valence-corrected chi connectivity index (χ3v) is 3.00. The molecule has 2 aromatic heterocycles. The van der Waals surface area contributed by atoms with Gasteiger partial charge >= 0.3 is 0 Å².